The van der Waals surface area contributed by atoms with Gasteiger partial charge in [0.25, 0.3) is 0 Å². The Labute approximate surface area is 74.3 Å². The Hall–Kier alpha value is -1.24. The van der Waals surface area contributed by atoms with E-state index in [9.17, 15) is 0 Å². The molecule has 0 atom stereocenters. The molecular weight excluding hydrogens is 146 g/mol. The Morgan fingerprint density at radius 2 is 1.67 bits per heavy atom. The fourth-order valence-electron chi connectivity index (χ4n) is 1.02. The van der Waals surface area contributed by atoms with Crippen molar-refractivity contribution in [2.75, 3.05) is 19.0 Å². The van der Waals surface area contributed by atoms with Gasteiger partial charge in [0.05, 0.1) is 0 Å². The molecule has 0 saturated heterocycles. The minimum atomic E-state index is 0.861. The SMILES string of the molecule is [CH]=C(C)c1ccc(N(C)C)cc1. The summed E-state index contributed by atoms with van der Waals surface area (Å²) in [5.74, 6) is 0. The first kappa shape index (κ1) is 8.85. The van der Waals surface area contributed by atoms with Gasteiger partial charge in [-0.2, -0.15) is 0 Å². The van der Waals surface area contributed by atoms with Gasteiger partial charge in [-0.15, -0.1) is 0 Å². The molecule has 0 N–H and O–H groups in total. The lowest BCUT2D eigenvalue weighted by Gasteiger charge is -2.12. The second-order valence-electron chi connectivity index (χ2n) is 3.12. The van der Waals surface area contributed by atoms with Crippen LogP contribution in [0.2, 0.25) is 0 Å². The van der Waals surface area contributed by atoms with Crippen molar-refractivity contribution < 1.29 is 0 Å². The Balaban J connectivity index is 2.93. The fraction of sp³-hybridized carbons (Fsp3) is 0.273. The van der Waals surface area contributed by atoms with Gasteiger partial charge < -0.3 is 4.90 Å². The van der Waals surface area contributed by atoms with Gasteiger partial charge >= 0.3 is 0 Å². The molecule has 0 saturated carbocycles. The highest BCUT2D eigenvalue weighted by Crippen LogP contribution is 2.16. The number of allylic oxidation sites excluding steroid dienone is 1. The highest BCUT2D eigenvalue weighted by molar-refractivity contribution is 5.62. The zero-order valence-corrected chi connectivity index (χ0v) is 7.83. The Morgan fingerprint density at radius 3 is 2.00 bits per heavy atom. The molecule has 0 unspecified atom stereocenters. The maximum Gasteiger partial charge on any atom is 0.0361 e. The molecule has 1 radical (unpaired) electrons. The van der Waals surface area contributed by atoms with Crippen LogP contribution in [-0.4, -0.2) is 14.1 Å². The van der Waals surface area contributed by atoms with Crippen molar-refractivity contribution in [3.63, 3.8) is 0 Å². The molecule has 0 amide bonds. The number of benzene rings is 1. The van der Waals surface area contributed by atoms with E-state index >= 15 is 0 Å². The zero-order valence-electron chi connectivity index (χ0n) is 7.83. The minimum absolute atomic E-state index is 0.861. The molecule has 0 aliphatic carbocycles. The molecule has 0 aromatic heterocycles. The number of hydrogen-bond donors (Lipinski definition) is 0. The van der Waals surface area contributed by atoms with Crippen molar-refractivity contribution in [2.24, 2.45) is 0 Å². The van der Waals surface area contributed by atoms with E-state index in [0.717, 1.165) is 11.1 Å². The topological polar surface area (TPSA) is 3.24 Å². The summed E-state index contributed by atoms with van der Waals surface area (Å²) < 4.78 is 0. The van der Waals surface area contributed by atoms with Gasteiger partial charge in [0, 0.05) is 19.8 Å². The largest absolute Gasteiger partial charge is 0.378 e. The second kappa shape index (κ2) is 3.44. The Bertz CT molecular complexity index is 270. The van der Waals surface area contributed by atoms with Crippen LogP contribution in [0, 0.1) is 6.58 Å². The molecular formula is C11H14N. The van der Waals surface area contributed by atoms with Crippen LogP contribution >= 0.6 is 0 Å². The molecule has 1 aromatic rings. The average Bonchev–Trinajstić information content (AvgIpc) is 2.04. The normalized spacial score (nSPS) is 9.58. The third-order valence-electron chi connectivity index (χ3n) is 1.84. The number of hydrogen-bond acceptors (Lipinski definition) is 1. The number of anilines is 1. The van der Waals surface area contributed by atoms with Gasteiger partial charge in [0.1, 0.15) is 0 Å². The van der Waals surface area contributed by atoms with Gasteiger partial charge in [-0.1, -0.05) is 18.7 Å². The average molecular weight is 160 g/mol. The summed E-state index contributed by atoms with van der Waals surface area (Å²) in [5, 5.41) is 0. The molecule has 0 aliphatic rings. The van der Waals surface area contributed by atoms with Gasteiger partial charge in [0.2, 0.25) is 0 Å². The predicted molar refractivity (Wildman–Crippen MR) is 54.2 cm³/mol. The smallest absolute Gasteiger partial charge is 0.0361 e. The first-order valence-corrected chi connectivity index (χ1v) is 3.98. The van der Waals surface area contributed by atoms with Crippen molar-refractivity contribution in [3.8, 4) is 0 Å². The lowest BCUT2D eigenvalue weighted by Crippen LogP contribution is -2.07. The quantitative estimate of drug-likeness (QED) is 0.642. The Morgan fingerprint density at radius 1 is 1.17 bits per heavy atom. The van der Waals surface area contributed by atoms with Gasteiger partial charge in [-0.05, 0) is 30.2 Å². The molecule has 0 spiro atoms. The van der Waals surface area contributed by atoms with E-state index in [0.29, 0.717) is 0 Å². The van der Waals surface area contributed by atoms with Crippen LogP contribution in [0.15, 0.2) is 24.3 Å². The van der Waals surface area contributed by atoms with Crippen LogP contribution in [0.1, 0.15) is 12.5 Å². The van der Waals surface area contributed by atoms with E-state index in [4.69, 9.17) is 6.58 Å². The first-order valence-electron chi connectivity index (χ1n) is 3.98. The summed E-state index contributed by atoms with van der Waals surface area (Å²) in [6, 6.07) is 8.19. The third kappa shape index (κ3) is 1.88. The van der Waals surface area contributed by atoms with Crippen LogP contribution in [0.25, 0.3) is 5.57 Å². The summed E-state index contributed by atoms with van der Waals surface area (Å²) in [6.07, 6.45) is 0. The van der Waals surface area contributed by atoms with Crippen LogP contribution in [0.4, 0.5) is 5.69 Å². The summed E-state index contributed by atoms with van der Waals surface area (Å²) in [4.78, 5) is 2.07. The molecule has 1 rings (SSSR count). The van der Waals surface area contributed by atoms with Crippen LogP contribution in [0.5, 0.6) is 0 Å². The van der Waals surface area contributed by atoms with E-state index in [1.165, 1.54) is 5.69 Å². The van der Waals surface area contributed by atoms with Crippen molar-refractivity contribution >= 4 is 11.3 Å². The number of nitrogens with zero attached hydrogens (tertiary/aromatic N) is 1. The molecule has 1 aromatic carbocycles. The van der Waals surface area contributed by atoms with E-state index < -0.39 is 0 Å². The molecule has 0 bridgehead atoms. The van der Waals surface area contributed by atoms with Crippen molar-refractivity contribution in [1.29, 1.82) is 0 Å². The summed E-state index contributed by atoms with van der Waals surface area (Å²) in [7, 11) is 4.04. The molecule has 0 heterocycles. The lowest BCUT2D eigenvalue weighted by molar-refractivity contribution is 1.13. The maximum absolute atomic E-state index is 5.64. The highest BCUT2D eigenvalue weighted by Gasteiger charge is 1.95. The molecule has 1 nitrogen and oxygen atoms in total. The van der Waals surface area contributed by atoms with Gasteiger partial charge in [-0.25, -0.2) is 0 Å². The van der Waals surface area contributed by atoms with Crippen molar-refractivity contribution in [3.05, 3.63) is 36.4 Å². The summed E-state index contributed by atoms with van der Waals surface area (Å²) in [5.41, 5.74) is 3.15. The monoisotopic (exact) mass is 160 g/mol. The zero-order chi connectivity index (χ0) is 9.14. The molecule has 63 valence electrons. The van der Waals surface area contributed by atoms with Crippen LogP contribution < -0.4 is 4.90 Å². The van der Waals surface area contributed by atoms with Crippen LogP contribution in [0.3, 0.4) is 0 Å². The lowest BCUT2D eigenvalue weighted by atomic mass is 10.1. The standard InChI is InChI=1S/C11H14N/c1-9(2)10-5-7-11(8-6-10)12(3)4/h1,5-8H,2-4H3. The second-order valence-corrected chi connectivity index (χ2v) is 3.12. The van der Waals surface area contributed by atoms with Crippen molar-refractivity contribution in [2.45, 2.75) is 6.92 Å². The molecule has 0 aliphatic heterocycles. The van der Waals surface area contributed by atoms with Gasteiger partial charge in [0.15, 0.2) is 0 Å². The highest BCUT2D eigenvalue weighted by atomic mass is 15.1. The first-order chi connectivity index (χ1) is 5.61. The molecule has 1 heteroatoms. The van der Waals surface area contributed by atoms with Crippen LogP contribution in [-0.2, 0) is 0 Å². The minimum Gasteiger partial charge on any atom is -0.378 e. The Kier molecular flexibility index (Phi) is 2.54. The summed E-state index contributed by atoms with van der Waals surface area (Å²) in [6.45, 7) is 7.55. The van der Waals surface area contributed by atoms with E-state index in [1.807, 2.05) is 33.2 Å². The maximum atomic E-state index is 5.64. The number of rotatable bonds is 2. The fourth-order valence-corrected chi connectivity index (χ4v) is 1.02. The van der Waals surface area contributed by atoms with E-state index in [2.05, 4.69) is 17.0 Å². The summed E-state index contributed by atoms with van der Waals surface area (Å²) >= 11 is 0. The van der Waals surface area contributed by atoms with Crippen molar-refractivity contribution in [1.82, 2.24) is 0 Å². The molecule has 0 fully saturated rings. The molecule has 12 heavy (non-hydrogen) atoms. The van der Waals surface area contributed by atoms with E-state index in [-0.39, 0.29) is 0 Å². The predicted octanol–water partition coefficient (Wildman–Crippen LogP) is 2.59. The van der Waals surface area contributed by atoms with E-state index in [1.54, 1.807) is 0 Å². The third-order valence-corrected chi connectivity index (χ3v) is 1.84. The van der Waals surface area contributed by atoms with Gasteiger partial charge in [-0.3, -0.25) is 0 Å².